The molecule has 1 aliphatic heterocycles. The molecule has 0 radical (unpaired) electrons. The quantitative estimate of drug-likeness (QED) is 0.840. The Balaban J connectivity index is 2.10. The van der Waals surface area contributed by atoms with Crippen LogP contribution >= 0.6 is 0 Å². The van der Waals surface area contributed by atoms with Gasteiger partial charge in [-0.3, -0.25) is 4.90 Å². The first-order valence-corrected chi connectivity index (χ1v) is 7.82. The average molecular weight is 260 g/mol. The van der Waals surface area contributed by atoms with Crippen LogP contribution in [0.15, 0.2) is 30.3 Å². The van der Waals surface area contributed by atoms with E-state index >= 15 is 0 Å². The molecule has 106 valence electrons. The van der Waals surface area contributed by atoms with Gasteiger partial charge in [-0.05, 0) is 51.4 Å². The van der Waals surface area contributed by atoms with Crippen molar-refractivity contribution in [1.29, 1.82) is 0 Å². The Bertz CT molecular complexity index is 350. The first kappa shape index (κ1) is 14.5. The van der Waals surface area contributed by atoms with Gasteiger partial charge < -0.3 is 5.32 Å². The van der Waals surface area contributed by atoms with Crippen molar-refractivity contribution in [2.75, 3.05) is 20.1 Å². The van der Waals surface area contributed by atoms with E-state index in [1.807, 2.05) is 0 Å². The summed E-state index contributed by atoms with van der Waals surface area (Å²) in [5.74, 6) is 0. The third-order valence-corrected chi connectivity index (χ3v) is 4.37. The van der Waals surface area contributed by atoms with Crippen LogP contribution in [0, 0.1) is 0 Å². The van der Waals surface area contributed by atoms with Crippen molar-refractivity contribution in [3.63, 3.8) is 0 Å². The van der Waals surface area contributed by atoms with E-state index < -0.39 is 0 Å². The molecule has 1 aromatic rings. The van der Waals surface area contributed by atoms with Crippen LogP contribution in [0.4, 0.5) is 0 Å². The first-order valence-electron chi connectivity index (χ1n) is 7.82. The minimum absolute atomic E-state index is 0.600. The molecule has 1 heterocycles. The van der Waals surface area contributed by atoms with Crippen molar-refractivity contribution in [2.45, 2.75) is 51.1 Å². The van der Waals surface area contributed by atoms with Gasteiger partial charge in [0.05, 0.1) is 0 Å². The number of benzene rings is 1. The lowest BCUT2D eigenvalue weighted by Crippen LogP contribution is -2.43. The highest BCUT2D eigenvalue weighted by Crippen LogP contribution is 2.31. The topological polar surface area (TPSA) is 15.3 Å². The lowest BCUT2D eigenvalue weighted by molar-refractivity contribution is 0.0860. The molecule has 0 bridgehead atoms. The lowest BCUT2D eigenvalue weighted by atomic mass is 9.93. The van der Waals surface area contributed by atoms with Gasteiger partial charge in [-0.2, -0.15) is 0 Å². The molecule has 1 fully saturated rings. The molecule has 0 aliphatic carbocycles. The van der Waals surface area contributed by atoms with Crippen molar-refractivity contribution in [1.82, 2.24) is 10.2 Å². The molecule has 2 unspecified atom stereocenters. The first-order chi connectivity index (χ1) is 9.36. The number of hydrogen-bond acceptors (Lipinski definition) is 2. The van der Waals surface area contributed by atoms with E-state index in [2.05, 4.69) is 54.5 Å². The lowest BCUT2D eigenvalue weighted by Gasteiger charge is -2.41. The van der Waals surface area contributed by atoms with Crippen molar-refractivity contribution in [2.24, 2.45) is 0 Å². The Morgan fingerprint density at radius 2 is 2.05 bits per heavy atom. The maximum absolute atomic E-state index is 3.31. The minimum Gasteiger partial charge on any atom is -0.320 e. The normalized spacial score (nSPS) is 22.3. The Morgan fingerprint density at radius 3 is 2.74 bits per heavy atom. The number of nitrogens with one attached hydrogen (secondary N) is 1. The molecule has 1 aromatic carbocycles. The zero-order chi connectivity index (χ0) is 13.5. The molecule has 19 heavy (non-hydrogen) atoms. The molecule has 2 nitrogen and oxygen atoms in total. The Labute approximate surface area is 118 Å². The monoisotopic (exact) mass is 260 g/mol. The molecule has 1 saturated heterocycles. The predicted molar refractivity (Wildman–Crippen MR) is 82.4 cm³/mol. The van der Waals surface area contributed by atoms with Gasteiger partial charge in [0.15, 0.2) is 0 Å². The van der Waals surface area contributed by atoms with E-state index in [1.54, 1.807) is 0 Å². The molecule has 1 N–H and O–H groups in total. The second-order valence-corrected chi connectivity index (χ2v) is 5.61. The van der Waals surface area contributed by atoms with Crippen LogP contribution in [0.25, 0.3) is 0 Å². The number of piperidine rings is 1. The number of likely N-dealkylation sites (tertiary alicyclic amines) is 1. The fraction of sp³-hybridized carbons (Fsp3) is 0.647. The van der Waals surface area contributed by atoms with Crippen LogP contribution in [-0.2, 0) is 0 Å². The van der Waals surface area contributed by atoms with Gasteiger partial charge >= 0.3 is 0 Å². The van der Waals surface area contributed by atoms with Crippen LogP contribution < -0.4 is 5.32 Å². The number of hydrogen-bond donors (Lipinski definition) is 1. The van der Waals surface area contributed by atoms with E-state index in [9.17, 15) is 0 Å². The van der Waals surface area contributed by atoms with Crippen LogP contribution in [0.1, 0.15) is 50.6 Å². The Morgan fingerprint density at radius 1 is 1.26 bits per heavy atom. The molecule has 2 heteroatoms. The van der Waals surface area contributed by atoms with Crippen molar-refractivity contribution in [3.05, 3.63) is 35.9 Å². The van der Waals surface area contributed by atoms with Crippen molar-refractivity contribution in [3.8, 4) is 0 Å². The van der Waals surface area contributed by atoms with E-state index in [-0.39, 0.29) is 0 Å². The second kappa shape index (κ2) is 7.66. The van der Waals surface area contributed by atoms with Gasteiger partial charge in [-0.1, -0.05) is 43.7 Å². The van der Waals surface area contributed by atoms with Gasteiger partial charge in [-0.15, -0.1) is 0 Å². The fourth-order valence-electron chi connectivity index (χ4n) is 3.39. The summed E-state index contributed by atoms with van der Waals surface area (Å²) >= 11 is 0. The highest BCUT2D eigenvalue weighted by atomic mass is 15.2. The molecule has 0 saturated carbocycles. The third-order valence-electron chi connectivity index (χ3n) is 4.37. The van der Waals surface area contributed by atoms with E-state index in [4.69, 9.17) is 0 Å². The summed E-state index contributed by atoms with van der Waals surface area (Å²) in [5.41, 5.74) is 1.49. The predicted octanol–water partition coefficient (Wildman–Crippen LogP) is 3.60. The molecule has 0 aromatic heterocycles. The number of rotatable bonds is 6. The average Bonchev–Trinajstić information content (AvgIpc) is 2.48. The Kier molecular flexibility index (Phi) is 5.87. The van der Waals surface area contributed by atoms with E-state index in [1.165, 1.54) is 44.2 Å². The molecular weight excluding hydrogens is 232 g/mol. The maximum Gasteiger partial charge on any atom is 0.0348 e. The summed E-state index contributed by atoms with van der Waals surface area (Å²) in [7, 11) is 2.06. The Hall–Kier alpha value is -0.860. The molecule has 0 amide bonds. The summed E-state index contributed by atoms with van der Waals surface area (Å²) < 4.78 is 0. The van der Waals surface area contributed by atoms with Crippen LogP contribution in [0.3, 0.4) is 0 Å². The van der Waals surface area contributed by atoms with Gasteiger partial charge in [-0.25, -0.2) is 0 Å². The highest BCUT2D eigenvalue weighted by molar-refractivity contribution is 5.19. The summed E-state index contributed by atoms with van der Waals surface area (Å²) in [6.45, 7) is 4.72. The standard InChI is InChI=1S/C17H28N2/c1-3-17(15-9-5-4-6-10-15)19-14-8-7-11-16(19)12-13-18-2/h4-6,9-10,16-18H,3,7-8,11-14H2,1-2H3. The van der Waals surface area contributed by atoms with E-state index in [0.29, 0.717) is 6.04 Å². The van der Waals surface area contributed by atoms with Gasteiger partial charge in [0.25, 0.3) is 0 Å². The summed E-state index contributed by atoms with van der Waals surface area (Å²) in [6.07, 6.45) is 6.61. The summed E-state index contributed by atoms with van der Waals surface area (Å²) in [6, 6.07) is 12.4. The van der Waals surface area contributed by atoms with E-state index in [0.717, 1.165) is 12.6 Å². The maximum atomic E-state index is 3.31. The SMILES string of the molecule is CCC(c1ccccc1)N1CCCCC1CCNC. The van der Waals surface area contributed by atoms with Crippen LogP contribution in [-0.4, -0.2) is 31.1 Å². The molecular formula is C17H28N2. The molecule has 2 rings (SSSR count). The fourth-order valence-corrected chi connectivity index (χ4v) is 3.39. The van der Waals surface area contributed by atoms with Crippen molar-refractivity contribution < 1.29 is 0 Å². The summed E-state index contributed by atoms with van der Waals surface area (Å²) in [4.78, 5) is 2.76. The van der Waals surface area contributed by atoms with Gasteiger partial charge in [0.2, 0.25) is 0 Å². The largest absolute Gasteiger partial charge is 0.320 e. The second-order valence-electron chi connectivity index (χ2n) is 5.61. The van der Waals surface area contributed by atoms with Gasteiger partial charge in [0.1, 0.15) is 0 Å². The molecule has 0 spiro atoms. The van der Waals surface area contributed by atoms with Crippen molar-refractivity contribution >= 4 is 0 Å². The van der Waals surface area contributed by atoms with Crippen LogP contribution in [0.2, 0.25) is 0 Å². The minimum atomic E-state index is 0.600. The zero-order valence-electron chi connectivity index (χ0n) is 12.4. The molecule has 2 atom stereocenters. The smallest absolute Gasteiger partial charge is 0.0348 e. The van der Waals surface area contributed by atoms with Crippen LogP contribution in [0.5, 0.6) is 0 Å². The third kappa shape index (κ3) is 3.80. The zero-order valence-corrected chi connectivity index (χ0v) is 12.4. The molecule has 1 aliphatic rings. The highest BCUT2D eigenvalue weighted by Gasteiger charge is 2.28. The summed E-state index contributed by atoms with van der Waals surface area (Å²) in [5, 5.41) is 3.31. The number of nitrogens with zero attached hydrogens (tertiary/aromatic N) is 1. The van der Waals surface area contributed by atoms with Gasteiger partial charge in [0, 0.05) is 12.1 Å².